The van der Waals surface area contributed by atoms with Crippen molar-refractivity contribution in [2.75, 3.05) is 0 Å². The predicted molar refractivity (Wildman–Crippen MR) is 74.5 cm³/mol. The number of rotatable bonds is 3. The zero-order chi connectivity index (χ0) is 14.0. The van der Waals surface area contributed by atoms with Crippen molar-refractivity contribution in [3.05, 3.63) is 46.3 Å². The molecule has 98 valence electrons. The van der Waals surface area contributed by atoms with Crippen LogP contribution in [0, 0.1) is 6.92 Å². The van der Waals surface area contributed by atoms with Crippen molar-refractivity contribution >= 4 is 21.9 Å². The standard InChI is InChI=1S/C13H12BrN3O2/c1-7-6-10(8-4-2-3-5-9(8)14)17-12(16-7)11(15)13(18)19/h2-6,11H,15H2,1H3,(H,18,19). The number of hydrogen-bond donors (Lipinski definition) is 2. The highest BCUT2D eigenvalue weighted by Gasteiger charge is 2.19. The molecular weight excluding hydrogens is 310 g/mol. The lowest BCUT2D eigenvalue weighted by atomic mass is 10.1. The molecule has 2 aromatic rings. The minimum atomic E-state index is -1.22. The van der Waals surface area contributed by atoms with Gasteiger partial charge in [0, 0.05) is 15.7 Å². The zero-order valence-corrected chi connectivity index (χ0v) is 11.8. The summed E-state index contributed by atoms with van der Waals surface area (Å²) < 4.78 is 0.878. The van der Waals surface area contributed by atoms with Crippen LogP contribution in [0.5, 0.6) is 0 Å². The summed E-state index contributed by atoms with van der Waals surface area (Å²) in [6.07, 6.45) is 0. The maximum absolute atomic E-state index is 10.9. The van der Waals surface area contributed by atoms with Crippen molar-refractivity contribution in [2.45, 2.75) is 13.0 Å². The second-order valence-corrected chi connectivity index (χ2v) is 4.90. The minimum Gasteiger partial charge on any atom is -0.480 e. The number of benzene rings is 1. The second-order valence-electron chi connectivity index (χ2n) is 4.05. The molecule has 0 spiro atoms. The van der Waals surface area contributed by atoms with Crippen LogP contribution in [0.2, 0.25) is 0 Å². The fourth-order valence-electron chi connectivity index (χ4n) is 1.65. The summed E-state index contributed by atoms with van der Waals surface area (Å²) in [5.74, 6) is -1.04. The van der Waals surface area contributed by atoms with Crippen molar-refractivity contribution in [3.8, 4) is 11.3 Å². The maximum atomic E-state index is 10.9. The third kappa shape index (κ3) is 2.97. The first kappa shape index (κ1) is 13.6. The van der Waals surface area contributed by atoms with Crippen molar-refractivity contribution in [3.63, 3.8) is 0 Å². The highest BCUT2D eigenvalue weighted by molar-refractivity contribution is 9.10. The molecule has 19 heavy (non-hydrogen) atoms. The summed E-state index contributed by atoms with van der Waals surface area (Å²) in [6, 6.07) is 8.13. The quantitative estimate of drug-likeness (QED) is 0.905. The Morgan fingerprint density at radius 2 is 2.05 bits per heavy atom. The van der Waals surface area contributed by atoms with E-state index in [0.717, 1.165) is 10.0 Å². The first-order valence-electron chi connectivity index (χ1n) is 5.58. The molecule has 0 aliphatic rings. The molecule has 1 aromatic carbocycles. The molecule has 0 fully saturated rings. The SMILES string of the molecule is Cc1cc(-c2ccccc2Br)nc(C(N)C(=O)O)n1. The molecule has 3 N–H and O–H groups in total. The first-order chi connectivity index (χ1) is 8.99. The zero-order valence-electron chi connectivity index (χ0n) is 10.2. The van der Waals surface area contributed by atoms with Gasteiger partial charge >= 0.3 is 5.97 Å². The minimum absolute atomic E-state index is 0.109. The Kier molecular flexibility index (Phi) is 3.92. The van der Waals surface area contributed by atoms with Crippen molar-refractivity contribution in [1.82, 2.24) is 9.97 Å². The van der Waals surface area contributed by atoms with E-state index in [1.165, 1.54) is 0 Å². The number of carboxylic acids is 1. The number of nitrogens with zero attached hydrogens (tertiary/aromatic N) is 2. The number of hydrogen-bond acceptors (Lipinski definition) is 4. The van der Waals surface area contributed by atoms with Crippen LogP contribution in [-0.4, -0.2) is 21.0 Å². The van der Waals surface area contributed by atoms with Crippen LogP contribution in [0.4, 0.5) is 0 Å². The lowest BCUT2D eigenvalue weighted by Crippen LogP contribution is -2.23. The van der Waals surface area contributed by atoms with Crippen LogP contribution in [0.15, 0.2) is 34.8 Å². The molecule has 0 saturated carbocycles. The predicted octanol–water partition coefficient (Wildman–Crippen LogP) is 2.30. The van der Waals surface area contributed by atoms with E-state index >= 15 is 0 Å². The fourth-order valence-corrected chi connectivity index (χ4v) is 2.14. The van der Waals surface area contributed by atoms with Gasteiger partial charge in [-0.05, 0) is 19.1 Å². The summed E-state index contributed by atoms with van der Waals surface area (Å²) in [5.41, 5.74) is 7.74. The average molecular weight is 322 g/mol. The number of nitrogens with two attached hydrogens (primary N) is 1. The Balaban J connectivity index is 2.54. The first-order valence-corrected chi connectivity index (χ1v) is 6.37. The largest absolute Gasteiger partial charge is 0.480 e. The summed E-state index contributed by atoms with van der Waals surface area (Å²) in [6.45, 7) is 1.78. The van der Waals surface area contributed by atoms with Crippen molar-refractivity contribution in [2.24, 2.45) is 5.73 Å². The molecule has 1 unspecified atom stereocenters. The molecule has 0 aliphatic heterocycles. The van der Waals surface area contributed by atoms with Crippen molar-refractivity contribution < 1.29 is 9.90 Å². The molecule has 6 heteroatoms. The maximum Gasteiger partial charge on any atom is 0.328 e. The van der Waals surface area contributed by atoms with E-state index in [1.54, 1.807) is 13.0 Å². The monoisotopic (exact) mass is 321 g/mol. The van der Waals surface area contributed by atoms with Crippen LogP contribution in [-0.2, 0) is 4.79 Å². The molecule has 0 radical (unpaired) electrons. The summed E-state index contributed by atoms with van der Waals surface area (Å²) in [5, 5.41) is 8.93. The Hall–Kier alpha value is -1.79. The van der Waals surface area contributed by atoms with Crippen LogP contribution >= 0.6 is 15.9 Å². The van der Waals surface area contributed by atoms with E-state index in [9.17, 15) is 4.79 Å². The summed E-state index contributed by atoms with van der Waals surface area (Å²) in [4.78, 5) is 19.2. The van der Waals surface area contributed by atoms with Gasteiger partial charge in [0.15, 0.2) is 11.9 Å². The smallest absolute Gasteiger partial charge is 0.328 e. The Bertz CT molecular complexity index is 631. The average Bonchev–Trinajstić information content (AvgIpc) is 2.37. The highest BCUT2D eigenvalue weighted by Crippen LogP contribution is 2.27. The topological polar surface area (TPSA) is 89.1 Å². The molecule has 1 heterocycles. The number of aliphatic carboxylic acids is 1. The third-order valence-electron chi connectivity index (χ3n) is 2.57. The second kappa shape index (κ2) is 5.46. The van der Waals surface area contributed by atoms with Gasteiger partial charge in [0.25, 0.3) is 0 Å². The van der Waals surface area contributed by atoms with Crippen LogP contribution in [0.25, 0.3) is 11.3 Å². The number of halogens is 1. The Labute approximate surface area is 118 Å². The van der Waals surface area contributed by atoms with Crippen LogP contribution in [0.1, 0.15) is 17.6 Å². The highest BCUT2D eigenvalue weighted by atomic mass is 79.9. The molecule has 0 amide bonds. The normalized spacial score (nSPS) is 12.2. The lowest BCUT2D eigenvalue weighted by Gasteiger charge is -2.10. The fraction of sp³-hybridized carbons (Fsp3) is 0.154. The van der Waals surface area contributed by atoms with E-state index in [1.807, 2.05) is 24.3 Å². The molecule has 0 bridgehead atoms. The van der Waals surface area contributed by atoms with Crippen LogP contribution in [0.3, 0.4) is 0 Å². The van der Waals surface area contributed by atoms with E-state index in [-0.39, 0.29) is 5.82 Å². The molecule has 0 saturated heterocycles. The Morgan fingerprint density at radius 3 is 2.68 bits per heavy atom. The van der Waals surface area contributed by atoms with Gasteiger partial charge in [-0.15, -0.1) is 0 Å². The van der Waals surface area contributed by atoms with Gasteiger partial charge < -0.3 is 10.8 Å². The van der Waals surface area contributed by atoms with E-state index in [4.69, 9.17) is 10.8 Å². The molecule has 5 nitrogen and oxygen atoms in total. The Morgan fingerprint density at radius 1 is 1.37 bits per heavy atom. The summed E-state index contributed by atoms with van der Waals surface area (Å²) in [7, 11) is 0. The molecule has 0 aliphatic carbocycles. The number of carboxylic acid groups (broad SMARTS) is 1. The van der Waals surface area contributed by atoms with Crippen molar-refractivity contribution in [1.29, 1.82) is 0 Å². The van der Waals surface area contributed by atoms with Gasteiger partial charge in [-0.3, -0.25) is 4.79 Å². The number of aryl methyl sites for hydroxylation is 1. The molecular formula is C13H12BrN3O2. The van der Waals surface area contributed by atoms with Gasteiger partial charge in [0.1, 0.15) is 0 Å². The van der Waals surface area contributed by atoms with Gasteiger partial charge in [-0.2, -0.15) is 0 Å². The summed E-state index contributed by atoms with van der Waals surface area (Å²) >= 11 is 3.44. The van der Waals surface area contributed by atoms with Gasteiger partial charge in [-0.1, -0.05) is 34.1 Å². The van der Waals surface area contributed by atoms with Gasteiger partial charge in [-0.25, -0.2) is 9.97 Å². The lowest BCUT2D eigenvalue weighted by molar-refractivity contribution is -0.138. The molecule has 1 atom stereocenters. The third-order valence-corrected chi connectivity index (χ3v) is 3.26. The van der Waals surface area contributed by atoms with Gasteiger partial charge in [0.05, 0.1) is 5.69 Å². The van der Waals surface area contributed by atoms with E-state index in [0.29, 0.717) is 11.4 Å². The molecule has 1 aromatic heterocycles. The van der Waals surface area contributed by atoms with Gasteiger partial charge in [0.2, 0.25) is 0 Å². The van der Waals surface area contributed by atoms with E-state index < -0.39 is 12.0 Å². The number of aromatic nitrogens is 2. The van der Waals surface area contributed by atoms with Crippen LogP contribution < -0.4 is 5.73 Å². The number of carbonyl (C=O) groups is 1. The molecule has 2 rings (SSSR count). The van der Waals surface area contributed by atoms with E-state index in [2.05, 4.69) is 25.9 Å².